The number of aromatic carboxylic acids is 1. The van der Waals surface area contributed by atoms with Crippen LogP contribution < -0.4 is 0 Å². The van der Waals surface area contributed by atoms with Crippen molar-refractivity contribution in [2.75, 3.05) is 0 Å². The monoisotopic (exact) mass is 341 g/mol. The molecule has 120 valence electrons. The largest absolute Gasteiger partial charge is 0.476 e. The summed E-state index contributed by atoms with van der Waals surface area (Å²) in [6.07, 6.45) is 1.56. The first-order chi connectivity index (χ1) is 11.5. The highest BCUT2D eigenvalue weighted by atomic mass is 32.2. The number of nitrogens with zero attached hydrogens (tertiary/aromatic N) is 3. The maximum Gasteiger partial charge on any atom is 0.356 e. The van der Waals surface area contributed by atoms with E-state index in [0.717, 1.165) is 0 Å². The van der Waals surface area contributed by atoms with E-state index in [0.29, 0.717) is 17.1 Å². The van der Waals surface area contributed by atoms with E-state index in [4.69, 9.17) is 0 Å². The molecule has 0 radical (unpaired) electrons. The van der Waals surface area contributed by atoms with Gasteiger partial charge in [-0.2, -0.15) is 5.10 Å². The van der Waals surface area contributed by atoms with Gasteiger partial charge in [-0.15, -0.1) is 0 Å². The summed E-state index contributed by atoms with van der Waals surface area (Å²) in [4.78, 5) is 15.9. The minimum Gasteiger partial charge on any atom is -0.476 e. The second kappa shape index (κ2) is 5.00. The number of carboxylic acids is 1. The molecule has 1 aliphatic heterocycles. The van der Waals surface area contributed by atoms with E-state index in [-0.39, 0.29) is 16.2 Å². The predicted molar refractivity (Wildman–Crippen MR) is 84.6 cm³/mol. The molecule has 8 heteroatoms. The zero-order chi connectivity index (χ0) is 16.9. The van der Waals surface area contributed by atoms with Gasteiger partial charge in [0.15, 0.2) is 21.3 Å². The van der Waals surface area contributed by atoms with Crippen LogP contribution in [0.25, 0.3) is 17.1 Å². The lowest BCUT2D eigenvalue weighted by atomic mass is 10.1. The van der Waals surface area contributed by atoms with Crippen LogP contribution in [0.5, 0.6) is 0 Å². The van der Waals surface area contributed by atoms with Crippen LogP contribution in [0.3, 0.4) is 0 Å². The van der Waals surface area contributed by atoms with Crippen molar-refractivity contribution in [3.63, 3.8) is 0 Å². The molecule has 7 nitrogen and oxygen atoms in total. The quantitative estimate of drug-likeness (QED) is 0.764. The number of benzene rings is 1. The molecule has 4 rings (SSSR count). The lowest BCUT2D eigenvalue weighted by Gasteiger charge is -2.18. The Bertz CT molecular complexity index is 1070. The summed E-state index contributed by atoms with van der Waals surface area (Å²) in [5.41, 5.74) is 0.807. The number of pyridine rings is 1. The number of hydrogen-bond donors (Lipinski definition) is 1. The van der Waals surface area contributed by atoms with Crippen molar-refractivity contribution in [2.45, 2.75) is 10.6 Å². The Kier molecular flexibility index (Phi) is 3.04. The van der Waals surface area contributed by atoms with Gasteiger partial charge in [0.25, 0.3) is 0 Å². The van der Waals surface area contributed by atoms with Gasteiger partial charge in [-0.3, -0.25) is 0 Å². The average molecular weight is 341 g/mol. The molecule has 0 fully saturated rings. The summed E-state index contributed by atoms with van der Waals surface area (Å²) in [5.74, 6) is -1.24. The molecule has 3 heterocycles. The number of fused-ring (bicyclic) bond motifs is 3. The van der Waals surface area contributed by atoms with Gasteiger partial charge in [-0.25, -0.2) is 22.9 Å². The highest BCUT2D eigenvalue weighted by Gasteiger charge is 2.35. The molecule has 0 aliphatic carbocycles. The third kappa shape index (κ3) is 2.04. The molecule has 0 atom stereocenters. The Morgan fingerprint density at radius 3 is 2.58 bits per heavy atom. The third-order valence-corrected chi connectivity index (χ3v) is 5.56. The van der Waals surface area contributed by atoms with Crippen molar-refractivity contribution in [3.05, 3.63) is 59.9 Å². The lowest BCUT2D eigenvalue weighted by Crippen LogP contribution is -2.15. The molecule has 0 saturated heterocycles. The van der Waals surface area contributed by atoms with E-state index >= 15 is 0 Å². The first-order valence-corrected chi connectivity index (χ1v) is 8.73. The number of rotatable bonds is 2. The van der Waals surface area contributed by atoms with E-state index in [1.54, 1.807) is 42.6 Å². The molecule has 2 aromatic heterocycles. The van der Waals surface area contributed by atoms with Crippen molar-refractivity contribution in [2.24, 2.45) is 0 Å². The summed E-state index contributed by atoms with van der Waals surface area (Å²) >= 11 is 0. The van der Waals surface area contributed by atoms with Crippen molar-refractivity contribution in [3.8, 4) is 17.1 Å². The van der Waals surface area contributed by atoms with E-state index < -0.39 is 21.6 Å². The van der Waals surface area contributed by atoms with Gasteiger partial charge in [-0.1, -0.05) is 24.3 Å². The van der Waals surface area contributed by atoms with Gasteiger partial charge in [0.2, 0.25) is 0 Å². The SMILES string of the molecule is O=C(O)c1nn(-c2ccccn2)c2c1CS(=O)(=O)c1ccccc1-2. The molecular weight excluding hydrogens is 330 g/mol. The molecule has 0 unspecified atom stereocenters. The van der Waals surface area contributed by atoms with Gasteiger partial charge in [0, 0.05) is 17.3 Å². The van der Waals surface area contributed by atoms with E-state index in [1.165, 1.54) is 10.7 Å². The Morgan fingerprint density at radius 2 is 1.88 bits per heavy atom. The number of carboxylic acid groups (broad SMARTS) is 1. The van der Waals surface area contributed by atoms with Crippen LogP contribution in [-0.2, 0) is 15.6 Å². The predicted octanol–water partition coefficient (Wildman–Crippen LogP) is 1.92. The number of sulfone groups is 1. The topological polar surface area (TPSA) is 102 Å². The van der Waals surface area contributed by atoms with Gasteiger partial charge in [0.05, 0.1) is 16.3 Å². The van der Waals surface area contributed by atoms with Crippen molar-refractivity contribution >= 4 is 15.8 Å². The van der Waals surface area contributed by atoms with Gasteiger partial charge < -0.3 is 5.11 Å². The molecule has 1 N–H and O–H groups in total. The number of aromatic nitrogens is 3. The van der Waals surface area contributed by atoms with E-state index in [9.17, 15) is 18.3 Å². The average Bonchev–Trinajstić information content (AvgIpc) is 2.95. The summed E-state index contributed by atoms with van der Waals surface area (Å²) in [5, 5.41) is 13.5. The smallest absolute Gasteiger partial charge is 0.356 e. The first kappa shape index (κ1) is 14.6. The number of hydrogen-bond acceptors (Lipinski definition) is 5. The van der Waals surface area contributed by atoms with Crippen LogP contribution in [0.4, 0.5) is 0 Å². The molecule has 24 heavy (non-hydrogen) atoms. The van der Waals surface area contributed by atoms with Crippen LogP contribution in [0.15, 0.2) is 53.6 Å². The first-order valence-electron chi connectivity index (χ1n) is 7.08. The van der Waals surface area contributed by atoms with Crippen LogP contribution in [0, 0.1) is 0 Å². The lowest BCUT2D eigenvalue weighted by molar-refractivity contribution is 0.0689. The van der Waals surface area contributed by atoms with Crippen LogP contribution in [0.1, 0.15) is 16.1 Å². The zero-order valence-electron chi connectivity index (χ0n) is 12.2. The van der Waals surface area contributed by atoms with Crippen molar-refractivity contribution in [1.29, 1.82) is 0 Å². The number of carbonyl (C=O) groups is 1. The van der Waals surface area contributed by atoms with E-state index in [2.05, 4.69) is 10.1 Å². The Balaban J connectivity index is 2.12. The summed E-state index contributed by atoms with van der Waals surface area (Å²) < 4.78 is 26.4. The molecule has 1 aromatic carbocycles. The fourth-order valence-corrected chi connectivity index (χ4v) is 4.48. The van der Waals surface area contributed by atoms with Gasteiger partial charge in [0.1, 0.15) is 0 Å². The van der Waals surface area contributed by atoms with Crippen molar-refractivity contribution < 1.29 is 18.3 Å². The van der Waals surface area contributed by atoms with Crippen LogP contribution >= 0.6 is 0 Å². The molecule has 1 aliphatic rings. The minimum atomic E-state index is -3.62. The molecule has 0 saturated carbocycles. The highest BCUT2D eigenvalue weighted by Crippen LogP contribution is 2.40. The van der Waals surface area contributed by atoms with Gasteiger partial charge in [-0.05, 0) is 18.2 Å². The van der Waals surface area contributed by atoms with Gasteiger partial charge >= 0.3 is 5.97 Å². The van der Waals surface area contributed by atoms with Crippen LogP contribution in [-0.4, -0.2) is 34.3 Å². The molecule has 0 spiro atoms. The second-order valence-corrected chi connectivity index (χ2v) is 7.29. The maximum atomic E-state index is 12.5. The maximum absolute atomic E-state index is 12.5. The van der Waals surface area contributed by atoms with Crippen LogP contribution in [0.2, 0.25) is 0 Å². The van der Waals surface area contributed by atoms with Crippen molar-refractivity contribution in [1.82, 2.24) is 14.8 Å². The molecule has 0 amide bonds. The normalized spacial score (nSPS) is 14.7. The fourth-order valence-electron chi connectivity index (χ4n) is 2.88. The summed E-state index contributed by atoms with van der Waals surface area (Å²) in [6.45, 7) is 0. The second-order valence-electron chi connectivity index (χ2n) is 5.34. The highest BCUT2D eigenvalue weighted by molar-refractivity contribution is 7.90. The molecular formula is C16H11N3O4S. The molecule has 0 bridgehead atoms. The Labute approximate surface area is 137 Å². The fraction of sp³-hybridized carbons (Fsp3) is 0.0625. The Hall–Kier alpha value is -3.00. The summed E-state index contributed by atoms with van der Waals surface area (Å²) in [7, 11) is -3.62. The van der Waals surface area contributed by atoms with E-state index in [1.807, 2.05) is 0 Å². The standard InChI is InChI=1S/C16H11N3O4S/c20-16(21)14-11-9-24(22,23)12-6-2-1-5-10(12)15(11)19(18-14)13-7-3-4-8-17-13/h1-8H,9H2,(H,20,21). The third-order valence-electron chi connectivity index (χ3n) is 3.86. The molecule has 3 aromatic rings. The summed E-state index contributed by atoms with van der Waals surface area (Å²) in [6, 6.07) is 11.7. The Morgan fingerprint density at radius 1 is 1.12 bits per heavy atom. The minimum absolute atomic E-state index is 0.173. The zero-order valence-corrected chi connectivity index (χ0v) is 13.1.